The minimum atomic E-state index is -0.512. The number of anilines is 1. The third kappa shape index (κ3) is 4.81. The van der Waals surface area contributed by atoms with Gasteiger partial charge >= 0.3 is 0 Å². The minimum absolute atomic E-state index is 0.00990. The number of ether oxygens (including phenoxy) is 1. The Balaban J connectivity index is 1.83. The molecule has 0 radical (unpaired) electrons. The Morgan fingerprint density at radius 3 is 2.43 bits per heavy atom. The summed E-state index contributed by atoms with van der Waals surface area (Å²) in [4.78, 5) is 25.3. The van der Waals surface area contributed by atoms with Gasteiger partial charge in [-0.1, -0.05) is 23.7 Å². The minimum Gasteiger partial charge on any atom is -0.497 e. The van der Waals surface area contributed by atoms with Gasteiger partial charge in [-0.15, -0.1) is 0 Å². The van der Waals surface area contributed by atoms with Gasteiger partial charge in [-0.25, -0.2) is 0 Å². The highest BCUT2D eigenvalue weighted by Gasteiger charge is 2.17. The van der Waals surface area contributed by atoms with Gasteiger partial charge in [0.25, 0.3) is 11.8 Å². The maximum atomic E-state index is 12.7. The van der Waals surface area contributed by atoms with Crippen molar-refractivity contribution in [2.45, 2.75) is 0 Å². The molecule has 2 N–H and O–H groups in total. The van der Waals surface area contributed by atoms with Crippen molar-refractivity contribution in [1.29, 1.82) is 0 Å². The zero-order valence-corrected chi connectivity index (χ0v) is 15.7. The fourth-order valence-corrected chi connectivity index (χ4v) is 2.60. The number of nitrogens with one attached hydrogen (secondary N) is 2. The van der Waals surface area contributed by atoms with Crippen LogP contribution in [0.4, 0.5) is 5.69 Å². The molecule has 0 fully saturated rings. The second kappa shape index (κ2) is 8.92. The van der Waals surface area contributed by atoms with E-state index in [2.05, 4.69) is 10.6 Å². The lowest BCUT2D eigenvalue weighted by atomic mass is 10.2. The maximum Gasteiger partial charge on any atom is 0.272 e. The van der Waals surface area contributed by atoms with Crippen LogP contribution < -0.4 is 15.4 Å². The number of carbonyl (C=O) groups is 2. The molecule has 0 saturated carbocycles. The first-order chi connectivity index (χ1) is 13.6. The SMILES string of the molecule is COc1ccc(NC(=O)/C(=C/c2ccco2)NC(=O)c2ccccc2Cl)cc1. The molecule has 3 rings (SSSR count). The summed E-state index contributed by atoms with van der Waals surface area (Å²) in [7, 11) is 1.56. The van der Waals surface area contributed by atoms with Crippen molar-refractivity contribution in [3.05, 3.63) is 89.0 Å². The molecule has 2 amide bonds. The maximum absolute atomic E-state index is 12.7. The highest BCUT2D eigenvalue weighted by Crippen LogP contribution is 2.18. The predicted molar refractivity (Wildman–Crippen MR) is 107 cm³/mol. The van der Waals surface area contributed by atoms with Crippen molar-refractivity contribution in [2.24, 2.45) is 0 Å². The smallest absolute Gasteiger partial charge is 0.272 e. The first-order valence-corrected chi connectivity index (χ1v) is 8.71. The van der Waals surface area contributed by atoms with Gasteiger partial charge in [0.2, 0.25) is 0 Å². The number of benzene rings is 2. The molecule has 142 valence electrons. The summed E-state index contributed by atoms with van der Waals surface area (Å²) in [5.74, 6) is 0.0611. The van der Waals surface area contributed by atoms with E-state index in [9.17, 15) is 9.59 Å². The Labute approximate surface area is 166 Å². The van der Waals surface area contributed by atoms with Crippen molar-refractivity contribution in [3.8, 4) is 5.75 Å². The molecule has 2 aromatic carbocycles. The summed E-state index contributed by atoms with van der Waals surface area (Å²) in [6, 6.07) is 16.7. The van der Waals surface area contributed by atoms with Crippen molar-refractivity contribution in [2.75, 3.05) is 12.4 Å². The van der Waals surface area contributed by atoms with E-state index >= 15 is 0 Å². The Bertz CT molecular complexity index is 996. The average molecular weight is 397 g/mol. The van der Waals surface area contributed by atoms with Gasteiger partial charge < -0.3 is 19.8 Å². The van der Waals surface area contributed by atoms with Crippen molar-refractivity contribution in [1.82, 2.24) is 5.32 Å². The lowest BCUT2D eigenvalue weighted by Gasteiger charge is -2.12. The molecule has 6 nitrogen and oxygen atoms in total. The lowest BCUT2D eigenvalue weighted by molar-refractivity contribution is -0.113. The van der Waals surface area contributed by atoms with Crippen LogP contribution in [0.2, 0.25) is 5.02 Å². The number of carbonyl (C=O) groups excluding carboxylic acids is 2. The van der Waals surface area contributed by atoms with E-state index in [1.54, 1.807) is 67.8 Å². The molecular weight excluding hydrogens is 380 g/mol. The summed E-state index contributed by atoms with van der Waals surface area (Å²) >= 11 is 6.07. The van der Waals surface area contributed by atoms with Gasteiger partial charge in [0.15, 0.2) is 0 Å². The summed E-state index contributed by atoms with van der Waals surface area (Å²) < 4.78 is 10.4. The number of hydrogen-bond acceptors (Lipinski definition) is 4. The monoisotopic (exact) mass is 396 g/mol. The van der Waals surface area contributed by atoms with Gasteiger partial charge in [0, 0.05) is 11.8 Å². The Morgan fingerprint density at radius 2 is 1.79 bits per heavy atom. The quantitative estimate of drug-likeness (QED) is 0.607. The fraction of sp³-hybridized carbons (Fsp3) is 0.0476. The van der Waals surface area contributed by atoms with Crippen LogP contribution in [0.15, 0.2) is 77.0 Å². The topological polar surface area (TPSA) is 80.6 Å². The van der Waals surface area contributed by atoms with Gasteiger partial charge in [0.1, 0.15) is 17.2 Å². The number of hydrogen-bond donors (Lipinski definition) is 2. The lowest BCUT2D eigenvalue weighted by Crippen LogP contribution is -2.30. The molecule has 0 aliphatic rings. The van der Waals surface area contributed by atoms with E-state index in [1.807, 2.05) is 0 Å². The van der Waals surface area contributed by atoms with Crippen molar-refractivity contribution < 1.29 is 18.7 Å². The molecular formula is C21H17ClN2O4. The van der Waals surface area contributed by atoms with Gasteiger partial charge in [-0.05, 0) is 48.5 Å². The number of halogens is 1. The van der Waals surface area contributed by atoms with Crippen LogP contribution in [-0.4, -0.2) is 18.9 Å². The highest BCUT2D eigenvalue weighted by molar-refractivity contribution is 6.34. The second-order valence-electron chi connectivity index (χ2n) is 5.69. The Morgan fingerprint density at radius 1 is 1.04 bits per heavy atom. The molecule has 0 bridgehead atoms. The van der Waals surface area contributed by atoms with Crippen LogP contribution in [0.3, 0.4) is 0 Å². The first kappa shape index (κ1) is 19.3. The van der Waals surface area contributed by atoms with Crippen LogP contribution in [0.1, 0.15) is 16.1 Å². The zero-order valence-electron chi connectivity index (χ0n) is 14.9. The van der Waals surface area contributed by atoms with Gasteiger partial charge in [0.05, 0.1) is 24.0 Å². The molecule has 0 atom stereocenters. The third-order valence-corrected chi connectivity index (χ3v) is 4.12. The van der Waals surface area contributed by atoms with E-state index in [0.29, 0.717) is 17.2 Å². The summed E-state index contributed by atoms with van der Waals surface area (Å²) in [5, 5.41) is 5.61. The summed E-state index contributed by atoms with van der Waals surface area (Å²) in [6.45, 7) is 0. The van der Waals surface area contributed by atoms with Gasteiger partial charge in [-0.2, -0.15) is 0 Å². The third-order valence-electron chi connectivity index (χ3n) is 3.79. The van der Waals surface area contributed by atoms with Crippen molar-refractivity contribution in [3.63, 3.8) is 0 Å². The molecule has 0 unspecified atom stereocenters. The molecule has 3 aromatic rings. The average Bonchev–Trinajstić information content (AvgIpc) is 3.21. The number of amides is 2. The first-order valence-electron chi connectivity index (χ1n) is 8.33. The fourth-order valence-electron chi connectivity index (χ4n) is 2.38. The Kier molecular flexibility index (Phi) is 6.14. The van der Waals surface area contributed by atoms with E-state index in [0.717, 1.165) is 0 Å². The second-order valence-corrected chi connectivity index (χ2v) is 6.10. The molecule has 7 heteroatoms. The molecule has 0 aliphatic heterocycles. The van der Waals surface area contributed by atoms with Crippen LogP contribution in [-0.2, 0) is 4.79 Å². The Hall–Kier alpha value is -3.51. The number of rotatable bonds is 6. The molecule has 1 heterocycles. The highest BCUT2D eigenvalue weighted by atomic mass is 35.5. The van der Waals surface area contributed by atoms with Crippen molar-refractivity contribution >= 4 is 35.2 Å². The standard InChI is InChI=1S/C21H17ClN2O4/c1-27-15-10-8-14(9-11-15)23-21(26)19(13-16-5-4-12-28-16)24-20(25)17-6-2-3-7-18(17)22/h2-13H,1H3,(H,23,26)(H,24,25)/b19-13-. The van der Waals surface area contributed by atoms with Crippen LogP contribution >= 0.6 is 11.6 Å². The number of methoxy groups -OCH3 is 1. The predicted octanol–water partition coefficient (Wildman–Crippen LogP) is 4.35. The van der Waals surface area contributed by atoms with E-state index < -0.39 is 11.8 Å². The van der Waals surface area contributed by atoms with E-state index in [-0.39, 0.29) is 16.3 Å². The van der Waals surface area contributed by atoms with E-state index in [1.165, 1.54) is 12.3 Å². The largest absolute Gasteiger partial charge is 0.497 e. The number of furan rings is 1. The van der Waals surface area contributed by atoms with Crippen LogP contribution in [0.25, 0.3) is 6.08 Å². The summed E-state index contributed by atoms with van der Waals surface area (Å²) in [6.07, 6.45) is 2.91. The summed E-state index contributed by atoms with van der Waals surface area (Å²) in [5.41, 5.74) is 0.811. The molecule has 28 heavy (non-hydrogen) atoms. The molecule has 1 aromatic heterocycles. The van der Waals surface area contributed by atoms with Crippen LogP contribution in [0.5, 0.6) is 5.75 Å². The molecule has 0 aliphatic carbocycles. The van der Waals surface area contributed by atoms with E-state index in [4.69, 9.17) is 20.8 Å². The van der Waals surface area contributed by atoms with Crippen LogP contribution in [0, 0.1) is 0 Å². The van der Waals surface area contributed by atoms with Gasteiger partial charge in [-0.3, -0.25) is 9.59 Å². The molecule has 0 saturated heterocycles. The normalized spacial score (nSPS) is 11.0. The molecule has 0 spiro atoms. The zero-order chi connectivity index (χ0) is 19.9.